The first-order chi connectivity index (χ1) is 10.0. The molecule has 0 aromatic rings. The number of rotatable bonds is 7. The lowest BCUT2D eigenvalue weighted by molar-refractivity contribution is -0.186. The van der Waals surface area contributed by atoms with E-state index in [-0.39, 0.29) is 11.1 Å². The SMILES string of the molecule is CC(C)N(CCN(C=O)N1C(C)(C)CCCC1(C)C)C(C)C. The highest BCUT2D eigenvalue weighted by Gasteiger charge is 2.44. The highest BCUT2D eigenvalue weighted by molar-refractivity contribution is 5.46. The van der Waals surface area contributed by atoms with Crippen molar-refractivity contribution in [2.45, 2.75) is 97.8 Å². The van der Waals surface area contributed by atoms with Gasteiger partial charge in [0.2, 0.25) is 6.41 Å². The van der Waals surface area contributed by atoms with E-state index in [1.54, 1.807) is 0 Å². The van der Waals surface area contributed by atoms with Crippen LogP contribution in [0.15, 0.2) is 0 Å². The standard InChI is InChI=1S/C18H37N3O/c1-15(2)20(16(3)4)13-12-19(14-22)21-17(5,6)10-9-11-18(21,7)8/h14-16H,9-13H2,1-8H3. The van der Waals surface area contributed by atoms with Crippen LogP contribution in [0.2, 0.25) is 0 Å². The Hall–Kier alpha value is -0.610. The molecule has 0 spiro atoms. The first-order valence-corrected chi connectivity index (χ1v) is 8.81. The smallest absolute Gasteiger partial charge is 0.224 e. The quantitative estimate of drug-likeness (QED) is 0.673. The minimum atomic E-state index is 0.0309. The molecule has 1 saturated heterocycles. The van der Waals surface area contributed by atoms with Gasteiger partial charge in [-0.2, -0.15) is 0 Å². The predicted octanol–water partition coefficient (Wildman–Crippen LogP) is 3.52. The second-order valence-electron chi connectivity index (χ2n) is 8.48. The number of amides is 1. The average Bonchev–Trinajstić information content (AvgIpc) is 2.34. The Morgan fingerprint density at radius 1 is 0.955 bits per heavy atom. The third kappa shape index (κ3) is 4.45. The van der Waals surface area contributed by atoms with Gasteiger partial charge in [-0.3, -0.25) is 14.7 Å². The maximum atomic E-state index is 11.8. The van der Waals surface area contributed by atoms with E-state index in [0.29, 0.717) is 12.1 Å². The number of carbonyl (C=O) groups excluding carboxylic acids is 1. The summed E-state index contributed by atoms with van der Waals surface area (Å²) >= 11 is 0. The zero-order valence-corrected chi connectivity index (χ0v) is 16.0. The molecule has 0 atom stereocenters. The summed E-state index contributed by atoms with van der Waals surface area (Å²) in [5.74, 6) is 0. The van der Waals surface area contributed by atoms with Crippen molar-refractivity contribution < 1.29 is 4.79 Å². The molecule has 1 fully saturated rings. The van der Waals surface area contributed by atoms with Gasteiger partial charge in [0.1, 0.15) is 0 Å². The van der Waals surface area contributed by atoms with E-state index >= 15 is 0 Å². The van der Waals surface area contributed by atoms with Gasteiger partial charge in [-0.1, -0.05) is 0 Å². The molecule has 0 aliphatic carbocycles. The molecule has 0 bridgehead atoms. The lowest BCUT2D eigenvalue weighted by Gasteiger charge is -2.56. The van der Waals surface area contributed by atoms with Crippen molar-refractivity contribution >= 4 is 6.41 Å². The molecular weight excluding hydrogens is 274 g/mol. The maximum absolute atomic E-state index is 11.8. The number of hydrogen-bond donors (Lipinski definition) is 0. The summed E-state index contributed by atoms with van der Waals surface area (Å²) in [6.07, 6.45) is 4.53. The molecule has 1 aliphatic heterocycles. The molecule has 1 amide bonds. The number of piperidine rings is 1. The highest BCUT2D eigenvalue weighted by Crippen LogP contribution is 2.38. The van der Waals surface area contributed by atoms with Crippen LogP contribution in [-0.2, 0) is 4.79 Å². The highest BCUT2D eigenvalue weighted by atomic mass is 16.2. The molecule has 0 saturated carbocycles. The Balaban J connectivity index is 2.87. The van der Waals surface area contributed by atoms with Crippen LogP contribution < -0.4 is 0 Å². The lowest BCUT2D eigenvalue weighted by atomic mass is 9.81. The summed E-state index contributed by atoms with van der Waals surface area (Å²) in [5, 5.41) is 4.26. The normalized spacial score (nSPS) is 21.6. The summed E-state index contributed by atoms with van der Waals surface area (Å²) in [5.41, 5.74) is 0.0618. The lowest BCUT2D eigenvalue weighted by Crippen LogP contribution is -2.66. The Morgan fingerprint density at radius 2 is 1.41 bits per heavy atom. The zero-order valence-electron chi connectivity index (χ0n) is 16.0. The first kappa shape index (κ1) is 19.4. The fourth-order valence-corrected chi connectivity index (χ4v) is 4.21. The molecule has 4 nitrogen and oxygen atoms in total. The van der Waals surface area contributed by atoms with Crippen LogP contribution in [0.3, 0.4) is 0 Å². The Bertz CT molecular complexity index is 339. The summed E-state index contributed by atoms with van der Waals surface area (Å²) in [7, 11) is 0. The van der Waals surface area contributed by atoms with Gasteiger partial charge in [-0.15, -0.1) is 0 Å². The van der Waals surface area contributed by atoms with E-state index in [2.05, 4.69) is 65.3 Å². The van der Waals surface area contributed by atoms with Gasteiger partial charge in [0, 0.05) is 29.7 Å². The molecule has 0 N–H and O–H groups in total. The minimum Gasteiger partial charge on any atom is -0.297 e. The summed E-state index contributed by atoms with van der Waals surface area (Å²) in [6, 6.07) is 0.992. The molecule has 0 radical (unpaired) electrons. The van der Waals surface area contributed by atoms with Crippen LogP contribution >= 0.6 is 0 Å². The van der Waals surface area contributed by atoms with Crippen molar-refractivity contribution in [1.29, 1.82) is 0 Å². The van der Waals surface area contributed by atoms with Crippen LogP contribution in [0.5, 0.6) is 0 Å². The van der Waals surface area contributed by atoms with Crippen LogP contribution in [0, 0.1) is 0 Å². The Kier molecular flexibility index (Phi) is 6.46. The molecule has 0 aromatic carbocycles. The maximum Gasteiger partial charge on any atom is 0.224 e. The largest absolute Gasteiger partial charge is 0.297 e. The van der Waals surface area contributed by atoms with Gasteiger partial charge in [-0.05, 0) is 74.7 Å². The van der Waals surface area contributed by atoms with Gasteiger partial charge in [-0.25, -0.2) is 5.01 Å². The van der Waals surface area contributed by atoms with Gasteiger partial charge >= 0.3 is 0 Å². The molecule has 130 valence electrons. The molecule has 0 unspecified atom stereocenters. The minimum absolute atomic E-state index is 0.0309. The fraction of sp³-hybridized carbons (Fsp3) is 0.944. The molecule has 4 heteroatoms. The topological polar surface area (TPSA) is 26.8 Å². The molecule has 0 aromatic heterocycles. The van der Waals surface area contributed by atoms with E-state index in [0.717, 1.165) is 32.3 Å². The number of hydrazine groups is 1. The molecule has 1 heterocycles. The predicted molar refractivity (Wildman–Crippen MR) is 93.6 cm³/mol. The van der Waals surface area contributed by atoms with Gasteiger partial charge in [0.25, 0.3) is 0 Å². The molecule has 1 aliphatic rings. The first-order valence-electron chi connectivity index (χ1n) is 8.81. The third-order valence-electron chi connectivity index (χ3n) is 5.02. The van der Waals surface area contributed by atoms with Crippen molar-refractivity contribution in [2.24, 2.45) is 0 Å². The second-order valence-corrected chi connectivity index (χ2v) is 8.48. The van der Waals surface area contributed by atoms with Crippen molar-refractivity contribution in [3.8, 4) is 0 Å². The van der Waals surface area contributed by atoms with Crippen LogP contribution in [0.4, 0.5) is 0 Å². The van der Waals surface area contributed by atoms with E-state index in [1.807, 2.05) is 5.01 Å². The number of carbonyl (C=O) groups is 1. The summed E-state index contributed by atoms with van der Waals surface area (Å²) < 4.78 is 0. The number of hydrogen-bond acceptors (Lipinski definition) is 3. The molecular formula is C18H37N3O. The van der Waals surface area contributed by atoms with Gasteiger partial charge < -0.3 is 0 Å². The van der Waals surface area contributed by atoms with Gasteiger partial charge in [0.15, 0.2) is 0 Å². The monoisotopic (exact) mass is 311 g/mol. The van der Waals surface area contributed by atoms with Crippen LogP contribution in [-0.4, -0.2) is 57.6 Å². The zero-order chi connectivity index (χ0) is 17.1. The van der Waals surface area contributed by atoms with E-state index < -0.39 is 0 Å². The molecule has 22 heavy (non-hydrogen) atoms. The second kappa shape index (κ2) is 7.31. The van der Waals surface area contributed by atoms with E-state index in [9.17, 15) is 4.79 Å². The fourth-order valence-electron chi connectivity index (χ4n) is 4.21. The summed E-state index contributed by atoms with van der Waals surface area (Å²) in [6.45, 7) is 19.6. The Labute approximate surface area is 137 Å². The number of nitrogens with zero attached hydrogens (tertiary/aromatic N) is 3. The van der Waals surface area contributed by atoms with Crippen molar-refractivity contribution in [1.82, 2.24) is 14.9 Å². The third-order valence-corrected chi connectivity index (χ3v) is 5.02. The van der Waals surface area contributed by atoms with Crippen molar-refractivity contribution in [3.63, 3.8) is 0 Å². The summed E-state index contributed by atoms with van der Waals surface area (Å²) in [4.78, 5) is 14.2. The van der Waals surface area contributed by atoms with Gasteiger partial charge in [0.05, 0.1) is 6.54 Å². The van der Waals surface area contributed by atoms with Crippen molar-refractivity contribution in [2.75, 3.05) is 13.1 Å². The average molecular weight is 312 g/mol. The van der Waals surface area contributed by atoms with Crippen LogP contribution in [0.1, 0.15) is 74.7 Å². The Morgan fingerprint density at radius 3 is 1.77 bits per heavy atom. The van der Waals surface area contributed by atoms with E-state index in [4.69, 9.17) is 0 Å². The molecule has 1 rings (SSSR count). The van der Waals surface area contributed by atoms with Crippen LogP contribution in [0.25, 0.3) is 0 Å². The van der Waals surface area contributed by atoms with Crippen molar-refractivity contribution in [3.05, 3.63) is 0 Å². The van der Waals surface area contributed by atoms with E-state index in [1.165, 1.54) is 6.42 Å².